The van der Waals surface area contributed by atoms with E-state index in [2.05, 4.69) is 24.1 Å². The van der Waals surface area contributed by atoms with E-state index in [1.54, 1.807) is 4.57 Å². The molecule has 1 aromatic carbocycles. The van der Waals surface area contributed by atoms with Crippen LogP contribution >= 0.6 is 0 Å². The molecule has 0 unspecified atom stereocenters. The second-order valence-corrected chi connectivity index (χ2v) is 4.72. The van der Waals surface area contributed by atoms with E-state index in [0.29, 0.717) is 11.9 Å². The number of aromatic nitrogens is 2. The quantitative estimate of drug-likeness (QED) is 0.897. The maximum Gasteiger partial charge on any atom is 0.261 e. The van der Waals surface area contributed by atoms with Crippen LogP contribution < -0.4 is 10.9 Å². The molecule has 0 saturated carbocycles. The fourth-order valence-corrected chi connectivity index (χ4v) is 2.35. The predicted molar refractivity (Wildman–Crippen MR) is 78.4 cm³/mol. The van der Waals surface area contributed by atoms with Gasteiger partial charge in [-0.15, -0.1) is 0 Å². The lowest BCUT2D eigenvalue weighted by molar-refractivity contribution is 0.505. The number of fused-ring (bicyclic) bond motifs is 1. The van der Waals surface area contributed by atoms with E-state index in [9.17, 15) is 4.79 Å². The first-order chi connectivity index (χ1) is 9.19. The van der Waals surface area contributed by atoms with Crippen LogP contribution in [-0.2, 0) is 6.54 Å². The van der Waals surface area contributed by atoms with Gasteiger partial charge in [-0.1, -0.05) is 26.0 Å². The van der Waals surface area contributed by atoms with Gasteiger partial charge in [-0.3, -0.25) is 9.36 Å². The van der Waals surface area contributed by atoms with Crippen molar-refractivity contribution in [3.05, 3.63) is 40.4 Å². The summed E-state index contributed by atoms with van der Waals surface area (Å²) in [6, 6.07) is 7.62. The summed E-state index contributed by atoms with van der Waals surface area (Å²) in [5, 5.41) is 4.03. The van der Waals surface area contributed by atoms with Crippen LogP contribution in [0.3, 0.4) is 0 Å². The third kappa shape index (κ3) is 2.68. The van der Waals surface area contributed by atoms with Gasteiger partial charge in [0, 0.05) is 6.54 Å². The molecule has 102 valence electrons. The number of benzene rings is 1. The highest BCUT2D eigenvalue weighted by Crippen LogP contribution is 2.13. The van der Waals surface area contributed by atoms with Crippen molar-refractivity contribution < 1.29 is 0 Å². The zero-order valence-corrected chi connectivity index (χ0v) is 11.8. The van der Waals surface area contributed by atoms with Crippen LogP contribution in [0.15, 0.2) is 29.1 Å². The molecular formula is C15H21N3O. The first kappa shape index (κ1) is 13.7. The molecule has 0 aliphatic rings. The molecule has 0 fully saturated rings. The monoisotopic (exact) mass is 259 g/mol. The molecule has 0 spiro atoms. The van der Waals surface area contributed by atoms with Crippen LogP contribution in [0.4, 0.5) is 0 Å². The molecule has 4 heteroatoms. The zero-order valence-electron chi connectivity index (χ0n) is 11.8. The summed E-state index contributed by atoms with van der Waals surface area (Å²) in [6.07, 6.45) is 0.922. The van der Waals surface area contributed by atoms with Crippen molar-refractivity contribution in [3.8, 4) is 0 Å². The first-order valence-corrected chi connectivity index (χ1v) is 6.91. The van der Waals surface area contributed by atoms with Gasteiger partial charge in [0.25, 0.3) is 5.56 Å². The van der Waals surface area contributed by atoms with E-state index in [0.717, 1.165) is 24.3 Å². The summed E-state index contributed by atoms with van der Waals surface area (Å²) in [5.74, 6) is 0.826. The van der Waals surface area contributed by atoms with Gasteiger partial charge in [-0.25, -0.2) is 4.98 Å². The third-order valence-electron chi connectivity index (χ3n) is 3.24. The molecule has 0 saturated heterocycles. The average molecular weight is 259 g/mol. The van der Waals surface area contributed by atoms with E-state index < -0.39 is 0 Å². The van der Waals surface area contributed by atoms with Crippen molar-refractivity contribution in [1.29, 1.82) is 0 Å². The maximum atomic E-state index is 12.5. The van der Waals surface area contributed by atoms with Crippen LogP contribution in [-0.4, -0.2) is 16.1 Å². The zero-order chi connectivity index (χ0) is 13.8. The van der Waals surface area contributed by atoms with Gasteiger partial charge in [0.05, 0.1) is 16.9 Å². The molecule has 19 heavy (non-hydrogen) atoms. The van der Waals surface area contributed by atoms with E-state index in [-0.39, 0.29) is 11.6 Å². The molecule has 0 aliphatic heterocycles. The lowest BCUT2D eigenvalue weighted by Crippen LogP contribution is -2.31. The Morgan fingerprint density at radius 3 is 2.74 bits per heavy atom. The van der Waals surface area contributed by atoms with Gasteiger partial charge in [-0.05, 0) is 32.0 Å². The molecule has 1 aromatic heterocycles. The van der Waals surface area contributed by atoms with Crippen molar-refractivity contribution in [1.82, 2.24) is 14.9 Å². The molecule has 0 bridgehead atoms. The van der Waals surface area contributed by atoms with Gasteiger partial charge in [0.2, 0.25) is 0 Å². The molecular weight excluding hydrogens is 238 g/mol. The second kappa shape index (κ2) is 5.97. The Labute approximate surface area is 113 Å². The SMILES string of the molecule is CCCn1c([C@H](C)NCC)nc2ccccc2c1=O. The largest absolute Gasteiger partial charge is 0.308 e. The Balaban J connectivity index is 2.66. The number of rotatable bonds is 5. The number of nitrogens with one attached hydrogen (secondary N) is 1. The van der Waals surface area contributed by atoms with E-state index >= 15 is 0 Å². The summed E-state index contributed by atoms with van der Waals surface area (Å²) in [4.78, 5) is 17.2. The fraction of sp³-hybridized carbons (Fsp3) is 0.467. The normalized spacial score (nSPS) is 12.8. The standard InChI is InChI=1S/C15H21N3O/c1-4-10-18-14(11(3)16-5-2)17-13-9-7-6-8-12(13)15(18)19/h6-9,11,16H,4-5,10H2,1-3H3/t11-/m0/s1. The van der Waals surface area contributed by atoms with E-state index in [1.807, 2.05) is 31.2 Å². The summed E-state index contributed by atoms with van der Waals surface area (Å²) >= 11 is 0. The molecule has 0 radical (unpaired) electrons. The predicted octanol–water partition coefficient (Wildman–Crippen LogP) is 2.48. The van der Waals surface area contributed by atoms with E-state index in [1.165, 1.54) is 0 Å². The van der Waals surface area contributed by atoms with Crippen molar-refractivity contribution in [2.75, 3.05) is 6.54 Å². The highest BCUT2D eigenvalue weighted by Gasteiger charge is 2.14. The van der Waals surface area contributed by atoms with Gasteiger partial charge >= 0.3 is 0 Å². The molecule has 4 nitrogen and oxygen atoms in total. The number of hydrogen-bond donors (Lipinski definition) is 1. The Kier molecular flexibility index (Phi) is 4.32. The number of hydrogen-bond acceptors (Lipinski definition) is 3. The summed E-state index contributed by atoms with van der Waals surface area (Å²) < 4.78 is 1.80. The smallest absolute Gasteiger partial charge is 0.261 e. The Bertz CT molecular complexity index is 618. The Morgan fingerprint density at radius 2 is 2.05 bits per heavy atom. The number of nitrogens with zero attached hydrogens (tertiary/aromatic N) is 2. The molecule has 2 rings (SSSR count). The molecule has 2 aromatic rings. The second-order valence-electron chi connectivity index (χ2n) is 4.72. The van der Waals surface area contributed by atoms with Crippen molar-refractivity contribution in [2.45, 2.75) is 39.8 Å². The molecule has 1 N–H and O–H groups in total. The summed E-state index contributed by atoms with van der Waals surface area (Å²) in [5.41, 5.74) is 0.840. The van der Waals surface area contributed by atoms with E-state index in [4.69, 9.17) is 0 Å². The van der Waals surface area contributed by atoms with Gasteiger partial charge < -0.3 is 5.32 Å². The van der Waals surface area contributed by atoms with Crippen molar-refractivity contribution in [3.63, 3.8) is 0 Å². The molecule has 1 heterocycles. The van der Waals surface area contributed by atoms with Crippen LogP contribution in [0.2, 0.25) is 0 Å². The highest BCUT2D eigenvalue weighted by atomic mass is 16.1. The molecule has 0 aliphatic carbocycles. The fourth-order valence-electron chi connectivity index (χ4n) is 2.35. The van der Waals surface area contributed by atoms with Gasteiger partial charge in [0.15, 0.2) is 0 Å². The first-order valence-electron chi connectivity index (χ1n) is 6.91. The maximum absolute atomic E-state index is 12.5. The Hall–Kier alpha value is -1.68. The van der Waals surface area contributed by atoms with Crippen LogP contribution in [0, 0.1) is 0 Å². The topological polar surface area (TPSA) is 46.9 Å². The van der Waals surface area contributed by atoms with Crippen molar-refractivity contribution >= 4 is 10.9 Å². The average Bonchev–Trinajstić information content (AvgIpc) is 2.42. The minimum absolute atomic E-state index is 0.0622. The lowest BCUT2D eigenvalue weighted by atomic mass is 10.2. The summed E-state index contributed by atoms with van der Waals surface area (Å²) in [6.45, 7) is 7.74. The van der Waals surface area contributed by atoms with Gasteiger partial charge in [-0.2, -0.15) is 0 Å². The van der Waals surface area contributed by atoms with Crippen LogP contribution in [0.25, 0.3) is 10.9 Å². The molecule has 0 amide bonds. The third-order valence-corrected chi connectivity index (χ3v) is 3.24. The van der Waals surface area contributed by atoms with Crippen LogP contribution in [0.5, 0.6) is 0 Å². The number of para-hydroxylation sites is 1. The highest BCUT2D eigenvalue weighted by molar-refractivity contribution is 5.77. The molecule has 1 atom stereocenters. The van der Waals surface area contributed by atoms with Crippen molar-refractivity contribution in [2.24, 2.45) is 0 Å². The lowest BCUT2D eigenvalue weighted by Gasteiger charge is -2.18. The summed E-state index contributed by atoms with van der Waals surface area (Å²) in [7, 11) is 0. The minimum atomic E-state index is 0.0622. The van der Waals surface area contributed by atoms with Crippen LogP contribution in [0.1, 0.15) is 39.1 Å². The Morgan fingerprint density at radius 1 is 1.32 bits per heavy atom. The minimum Gasteiger partial charge on any atom is -0.308 e. The van der Waals surface area contributed by atoms with Gasteiger partial charge in [0.1, 0.15) is 5.82 Å².